The number of thioether (sulfide) groups is 1. The highest BCUT2D eigenvalue weighted by Crippen LogP contribution is 2.42. The predicted molar refractivity (Wildman–Crippen MR) is 124 cm³/mol. The molecule has 0 amide bonds. The SMILES string of the molecule is COc1cccc(C2NC(C(=O)O)CS2)c1OCCOc1ccc(C)cc1C(C)(C)C. The van der Waals surface area contributed by atoms with Gasteiger partial charge in [0.25, 0.3) is 0 Å². The van der Waals surface area contributed by atoms with E-state index in [1.807, 2.05) is 30.3 Å². The van der Waals surface area contributed by atoms with Gasteiger partial charge in [-0.3, -0.25) is 10.1 Å². The van der Waals surface area contributed by atoms with E-state index in [-0.39, 0.29) is 10.8 Å². The van der Waals surface area contributed by atoms with Crippen LogP contribution < -0.4 is 19.5 Å². The van der Waals surface area contributed by atoms with Gasteiger partial charge in [0.15, 0.2) is 11.5 Å². The van der Waals surface area contributed by atoms with Crippen LogP contribution in [0.5, 0.6) is 17.2 Å². The molecule has 2 atom stereocenters. The molecule has 0 aliphatic carbocycles. The van der Waals surface area contributed by atoms with Crippen LogP contribution in [0.3, 0.4) is 0 Å². The van der Waals surface area contributed by atoms with Crippen molar-refractivity contribution in [3.05, 3.63) is 53.1 Å². The Bertz CT molecular complexity index is 925. The first-order chi connectivity index (χ1) is 14.7. The Morgan fingerprint density at radius 1 is 1.16 bits per heavy atom. The molecule has 1 aliphatic rings. The summed E-state index contributed by atoms with van der Waals surface area (Å²) < 4.78 is 17.6. The minimum atomic E-state index is -0.846. The molecule has 2 N–H and O–H groups in total. The average Bonchev–Trinajstić information content (AvgIpc) is 3.21. The Labute approximate surface area is 188 Å². The van der Waals surface area contributed by atoms with Crippen molar-refractivity contribution in [1.82, 2.24) is 5.32 Å². The minimum absolute atomic E-state index is 0.0237. The number of nitrogens with one attached hydrogen (secondary N) is 1. The molecule has 6 nitrogen and oxygen atoms in total. The highest BCUT2D eigenvalue weighted by molar-refractivity contribution is 7.99. The lowest BCUT2D eigenvalue weighted by molar-refractivity contribution is -0.138. The first-order valence-corrected chi connectivity index (χ1v) is 11.4. The molecule has 3 rings (SSSR count). The first kappa shape index (κ1) is 23.3. The van der Waals surface area contributed by atoms with Crippen molar-refractivity contribution < 1.29 is 24.1 Å². The number of carboxylic acid groups (broad SMARTS) is 1. The van der Waals surface area contributed by atoms with Crippen molar-refractivity contribution in [2.24, 2.45) is 0 Å². The van der Waals surface area contributed by atoms with Gasteiger partial charge in [-0.15, -0.1) is 11.8 Å². The maximum absolute atomic E-state index is 11.3. The summed E-state index contributed by atoms with van der Waals surface area (Å²) in [6.45, 7) is 9.31. The van der Waals surface area contributed by atoms with Crippen LogP contribution in [-0.2, 0) is 10.2 Å². The largest absolute Gasteiger partial charge is 0.493 e. The van der Waals surface area contributed by atoms with Crippen LogP contribution in [0.25, 0.3) is 0 Å². The van der Waals surface area contributed by atoms with Gasteiger partial charge in [0.2, 0.25) is 0 Å². The van der Waals surface area contributed by atoms with E-state index in [0.717, 1.165) is 16.9 Å². The standard InChI is InChI=1S/C24H31NO5S/c1-15-9-10-19(17(13-15)24(2,3)4)29-11-12-30-21-16(7-6-8-20(21)28-5)22-25-18(14-31-22)23(26)27/h6-10,13,18,22,25H,11-12,14H2,1-5H3,(H,26,27). The molecule has 0 bridgehead atoms. The normalized spacial score (nSPS) is 18.6. The van der Waals surface area contributed by atoms with Crippen LogP contribution >= 0.6 is 11.8 Å². The zero-order valence-corrected chi connectivity index (χ0v) is 19.5. The second-order valence-corrected chi connectivity index (χ2v) is 9.73. The highest BCUT2D eigenvalue weighted by atomic mass is 32.2. The number of rotatable bonds is 8. The number of hydrogen-bond donors (Lipinski definition) is 2. The number of methoxy groups -OCH3 is 1. The zero-order chi connectivity index (χ0) is 22.6. The van der Waals surface area contributed by atoms with Crippen LogP contribution in [0.1, 0.15) is 42.8 Å². The van der Waals surface area contributed by atoms with Crippen molar-refractivity contribution in [3.8, 4) is 17.2 Å². The van der Waals surface area contributed by atoms with E-state index in [9.17, 15) is 9.90 Å². The third-order valence-electron chi connectivity index (χ3n) is 5.12. The Morgan fingerprint density at radius 3 is 2.55 bits per heavy atom. The molecule has 2 aromatic carbocycles. The van der Waals surface area contributed by atoms with E-state index in [1.165, 1.54) is 5.56 Å². The topological polar surface area (TPSA) is 77.0 Å². The Hall–Kier alpha value is -2.38. The molecular formula is C24H31NO5S. The molecule has 1 heterocycles. The van der Waals surface area contributed by atoms with Crippen LogP contribution in [0, 0.1) is 6.92 Å². The fourth-order valence-electron chi connectivity index (χ4n) is 3.50. The third kappa shape index (κ3) is 5.66. The maximum Gasteiger partial charge on any atom is 0.321 e. The van der Waals surface area contributed by atoms with E-state index in [1.54, 1.807) is 18.9 Å². The molecular weight excluding hydrogens is 414 g/mol. The van der Waals surface area contributed by atoms with Crippen LogP contribution in [0.4, 0.5) is 0 Å². The Morgan fingerprint density at radius 2 is 1.90 bits per heavy atom. The second kappa shape index (κ2) is 9.83. The second-order valence-electron chi connectivity index (χ2n) is 8.60. The van der Waals surface area contributed by atoms with Gasteiger partial charge in [0.05, 0.1) is 12.5 Å². The van der Waals surface area contributed by atoms with Gasteiger partial charge >= 0.3 is 5.97 Å². The smallest absolute Gasteiger partial charge is 0.321 e. The van der Waals surface area contributed by atoms with Crippen LogP contribution in [-0.4, -0.2) is 43.2 Å². The number of aryl methyl sites for hydroxylation is 1. The van der Waals surface area contributed by atoms with Crippen LogP contribution in [0.15, 0.2) is 36.4 Å². The van der Waals surface area contributed by atoms with Gasteiger partial charge in [0, 0.05) is 11.3 Å². The fraction of sp³-hybridized carbons (Fsp3) is 0.458. The molecule has 1 saturated heterocycles. The van der Waals surface area contributed by atoms with E-state index < -0.39 is 12.0 Å². The molecule has 1 aliphatic heterocycles. The summed E-state index contributed by atoms with van der Waals surface area (Å²) in [5.41, 5.74) is 3.22. The van der Waals surface area contributed by atoms with E-state index >= 15 is 0 Å². The number of aliphatic carboxylic acids is 1. The molecule has 0 saturated carbocycles. The summed E-state index contributed by atoms with van der Waals surface area (Å²) in [7, 11) is 1.60. The molecule has 7 heteroatoms. The highest BCUT2D eigenvalue weighted by Gasteiger charge is 2.32. The molecule has 168 valence electrons. The Balaban J connectivity index is 1.70. The summed E-state index contributed by atoms with van der Waals surface area (Å²) in [4.78, 5) is 11.3. The quantitative estimate of drug-likeness (QED) is 0.577. The Kier molecular flexibility index (Phi) is 7.38. The number of carbonyl (C=O) groups is 1. The fourth-order valence-corrected chi connectivity index (χ4v) is 4.75. The summed E-state index contributed by atoms with van der Waals surface area (Å²) in [6, 6.07) is 11.3. The van der Waals surface area contributed by atoms with Gasteiger partial charge < -0.3 is 19.3 Å². The number of ether oxygens (including phenoxy) is 3. The van der Waals surface area contributed by atoms with E-state index in [0.29, 0.717) is 30.5 Å². The number of hydrogen-bond acceptors (Lipinski definition) is 6. The van der Waals surface area contributed by atoms with Gasteiger partial charge in [0.1, 0.15) is 25.0 Å². The number of benzene rings is 2. The molecule has 0 spiro atoms. The monoisotopic (exact) mass is 445 g/mol. The maximum atomic E-state index is 11.3. The van der Waals surface area contributed by atoms with Gasteiger partial charge in [-0.2, -0.15) is 0 Å². The lowest BCUT2D eigenvalue weighted by Crippen LogP contribution is -2.33. The van der Waals surface area contributed by atoms with Gasteiger partial charge in [-0.25, -0.2) is 0 Å². The summed E-state index contributed by atoms with van der Waals surface area (Å²) >= 11 is 1.55. The first-order valence-electron chi connectivity index (χ1n) is 10.3. The third-order valence-corrected chi connectivity index (χ3v) is 6.37. The van der Waals surface area contributed by atoms with E-state index in [2.05, 4.69) is 39.1 Å². The van der Waals surface area contributed by atoms with Gasteiger partial charge in [-0.05, 0) is 30.0 Å². The van der Waals surface area contributed by atoms with Crippen molar-refractivity contribution in [3.63, 3.8) is 0 Å². The molecule has 0 radical (unpaired) electrons. The molecule has 2 unspecified atom stereocenters. The van der Waals surface area contributed by atoms with Crippen molar-refractivity contribution in [2.45, 2.75) is 44.5 Å². The number of para-hydroxylation sites is 1. The average molecular weight is 446 g/mol. The molecule has 31 heavy (non-hydrogen) atoms. The van der Waals surface area contributed by atoms with Crippen molar-refractivity contribution in [1.29, 1.82) is 0 Å². The van der Waals surface area contributed by atoms with Crippen molar-refractivity contribution in [2.75, 3.05) is 26.1 Å². The summed E-state index contributed by atoms with van der Waals surface area (Å²) in [6.07, 6.45) is 0. The zero-order valence-electron chi connectivity index (χ0n) is 18.7. The molecule has 1 fully saturated rings. The lowest BCUT2D eigenvalue weighted by Gasteiger charge is -2.24. The summed E-state index contributed by atoms with van der Waals surface area (Å²) in [5.74, 6) is 1.75. The van der Waals surface area contributed by atoms with Crippen molar-refractivity contribution >= 4 is 17.7 Å². The minimum Gasteiger partial charge on any atom is -0.493 e. The van der Waals surface area contributed by atoms with Gasteiger partial charge in [-0.1, -0.05) is 50.6 Å². The predicted octanol–water partition coefficient (Wildman–Crippen LogP) is 4.55. The summed E-state index contributed by atoms with van der Waals surface area (Å²) in [5, 5.41) is 12.2. The number of carboxylic acids is 1. The molecule has 0 aromatic heterocycles. The lowest BCUT2D eigenvalue weighted by atomic mass is 9.85. The van der Waals surface area contributed by atoms with E-state index in [4.69, 9.17) is 14.2 Å². The van der Waals surface area contributed by atoms with Crippen LogP contribution in [0.2, 0.25) is 0 Å². The molecule has 2 aromatic rings.